The first kappa shape index (κ1) is 17.9. The van der Waals surface area contributed by atoms with Crippen LogP contribution in [0.3, 0.4) is 0 Å². The molecule has 0 aliphatic rings. The van der Waals surface area contributed by atoms with Crippen molar-refractivity contribution in [1.82, 2.24) is 4.90 Å². The molecule has 1 aromatic carbocycles. The molecule has 0 bridgehead atoms. The van der Waals surface area contributed by atoms with Crippen LogP contribution >= 0.6 is 0 Å². The standard InChI is InChI=1S/C16H26N2O4/c1-7-18(8-2)16(19)11(3)17-12-9-13(20-4)15(22-6)14(10-12)21-5/h9-11,17H,7-8H2,1-6H3/t11-/m1/s1. The Hall–Kier alpha value is -2.11. The predicted molar refractivity (Wildman–Crippen MR) is 87.1 cm³/mol. The van der Waals surface area contributed by atoms with E-state index < -0.39 is 0 Å². The first-order chi connectivity index (χ1) is 10.5. The number of methoxy groups -OCH3 is 3. The fraction of sp³-hybridized carbons (Fsp3) is 0.562. The molecule has 0 unspecified atom stereocenters. The molecular formula is C16H26N2O4. The molecule has 0 radical (unpaired) electrons. The zero-order valence-electron chi connectivity index (χ0n) is 14.2. The van der Waals surface area contributed by atoms with Gasteiger partial charge in [0.1, 0.15) is 6.04 Å². The molecule has 1 aromatic rings. The zero-order valence-corrected chi connectivity index (χ0v) is 14.2. The highest BCUT2D eigenvalue weighted by Crippen LogP contribution is 2.40. The van der Waals surface area contributed by atoms with Crippen LogP contribution in [0.1, 0.15) is 20.8 Å². The van der Waals surface area contributed by atoms with Crippen molar-refractivity contribution in [3.63, 3.8) is 0 Å². The monoisotopic (exact) mass is 310 g/mol. The Bertz CT molecular complexity index is 476. The van der Waals surface area contributed by atoms with Crippen LogP contribution in [0.5, 0.6) is 17.2 Å². The molecule has 0 heterocycles. The van der Waals surface area contributed by atoms with Gasteiger partial charge in [-0.2, -0.15) is 0 Å². The molecule has 0 aliphatic carbocycles. The van der Waals surface area contributed by atoms with E-state index in [9.17, 15) is 4.79 Å². The highest BCUT2D eigenvalue weighted by molar-refractivity contribution is 5.84. The van der Waals surface area contributed by atoms with Crippen LogP contribution in [0, 0.1) is 0 Å². The highest BCUT2D eigenvalue weighted by atomic mass is 16.5. The lowest BCUT2D eigenvalue weighted by molar-refractivity contribution is -0.131. The molecule has 1 rings (SSSR count). The van der Waals surface area contributed by atoms with Crippen molar-refractivity contribution in [3.05, 3.63) is 12.1 Å². The minimum atomic E-state index is -0.345. The summed E-state index contributed by atoms with van der Waals surface area (Å²) in [4.78, 5) is 14.1. The summed E-state index contributed by atoms with van der Waals surface area (Å²) in [6.45, 7) is 7.15. The Morgan fingerprint density at radius 2 is 1.59 bits per heavy atom. The van der Waals surface area contributed by atoms with Gasteiger partial charge in [0.15, 0.2) is 11.5 Å². The van der Waals surface area contributed by atoms with Gasteiger partial charge in [0.2, 0.25) is 11.7 Å². The summed E-state index contributed by atoms with van der Waals surface area (Å²) < 4.78 is 15.9. The summed E-state index contributed by atoms with van der Waals surface area (Å²) in [6, 6.07) is 3.23. The lowest BCUT2D eigenvalue weighted by Gasteiger charge is -2.24. The number of nitrogens with zero attached hydrogens (tertiary/aromatic N) is 1. The number of hydrogen-bond acceptors (Lipinski definition) is 5. The Morgan fingerprint density at radius 1 is 1.09 bits per heavy atom. The maximum absolute atomic E-state index is 12.3. The van der Waals surface area contributed by atoms with Crippen molar-refractivity contribution >= 4 is 11.6 Å². The number of carbonyl (C=O) groups excluding carboxylic acids is 1. The van der Waals surface area contributed by atoms with Gasteiger partial charge >= 0.3 is 0 Å². The molecular weight excluding hydrogens is 284 g/mol. The predicted octanol–water partition coefficient (Wildman–Crippen LogP) is 2.38. The van der Waals surface area contributed by atoms with Crippen LogP contribution in [0.25, 0.3) is 0 Å². The lowest BCUT2D eigenvalue weighted by Crippen LogP contribution is -2.41. The molecule has 0 aliphatic heterocycles. The first-order valence-corrected chi connectivity index (χ1v) is 7.37. The number of amides is 1. The molecule has 6 heteroatoms. The van der Waals surface area contributed by atoms with Gasteiger partial charge in [0.05, 0.1) is 21.3 Å². The van der Waals surface area contributed by atoms with E-state index in [4.69, 9.17) is 14.2 Å². The normalized spacial score (nSPS) is 11.5. The quantitative estimate of drug-likeness (QED) is 0.799. The van der Waals surface area contributed by atoms with Gasteiger partial charge in [-0.25, -0.2) is 0 Å². The third-order valence-electron chi connectivity index (χ3n) is 3.49. The van der Waals surface area contributed by atoms with Gasteiger partial charge in [0.25, 0.3) is 0 Å². The van der Waals surface area contributed by atoms with E-state index in [1.165, 1.54) is 0 Å². The van der Waals surface area contributed by atoms with E-state index in [1.807, 2.05) is 20.8 Å². The minimum Gasteiger partial charge on any atom is -0.493 e. The minimum absolute atomic E-state index is 0.0544. The molecule has 0 aromatic heterocycles. The van der Waals surface area contributed by atoms with E-state index >= 15 is 0 Å². The molecule has 0 fully saturated rings. The zero-order chi connectivity index (χ0) is 16.7. The van der Waals surface area contributed by atoms with Gasteiger partial charge in [-0.3, -0.25) is 4.79 Å². The molecule has 1 amide bonds. The van der Waals surface area contributed by atoms with Gasteiger partial charge < -0.3 is 24.4 Å². The van der Waals surface area contributed by atoms with Crippen LogP contribution in [0.15, 0.2) is 12.1 Å². The largest absolute Gasteiger partial charge is 0.493 e. The summed E-state index contributed by atoms with van der Waals surface area (Å²) in [7, 11) is 4.68. The van der Waals surface area contributed by atoms with Crippen molar-refractivity contribution in [2.24, 2.45) is 0 Å². The van der Waals surface area contributed by atoms with Crippen LogP contribution in [0.4, 0.5) is 5.69 Å². The Morgan fingerprint density at radius 3 is 1.95 bits per heavy atom. The number of rotatable bonds is 8. The van der Waals surface area contributed by atoms with Gasteiger partial charge in [-0.05, 0) is 20.8 Å². The number of ether oxygens (including phenoxy) is 3. The van der Waals surface area contributed by atoms with E-state index in [-0.39, 0.29) is 11.9 Å². The summed E-state index contributed by atoms with van der Waals surface area (Å²) in [5, 5.41) is 3.18. The molecule has 22 heavy (non-hydrogen) atoms. The molecule has 1 atom stereocenters. The third-order valence-corrected chi connectivity index (χ3v) is 3.49. The molecule has 0 spiro atoms. The fourth-order valence-electron chi connectivity index (χ4n) is 2.29. The van der Waals surface area contributed by atoms with Crippen molar-refractivity contribution in [2.75, 3.05) is 39.7 Å². The maximum Gasteiger partial charge on any atom is 0.244 e. The summed E-state index contributed by atoms with van der Waals surface area (Å²) in [5.41, 5.74) is 0.738. The topological polar surface area (TPSA) is 60.0 Å². The fourth-order valence-corrected chi connectivity index (χ4v) is 2.29. The summed E-state index contributed by atoms with van der Waals surface area (Å²) in [5.74, 6) is 1.68. The number of benzene rings is 1. The molecule has 0 saturated heterocycles. The summed E-state index contributed by atoms with van der Waals surface area (Å²) >= 11 is 0. The van der Waals surface area contributed by atoms with Gasteiger partial charge in [-0.1, -0.05) is 0 Å². The average molecular weight is 310 g/mol. The van der Waals surface area contributed by atoms with Gasteiger partial charge in [0, 0.05) is 30.9 Å². The number of carbonyl (C=O) groups is 1. The maximum atomic E-state index is 12.3. The second-order valence-corrected chi connectivity index (χ2v) is 4.79. The molecule has 0 saturated carbocycles. The van der Waals surface area contributed by atoms with E-state index in [0.29, 0.717) is 30.3 Å². The van der Waals surface area contributed by atoms with Crippen molar-refractivity contribution in [3.8, 4) is 17.2 Å². The van der Waals surface area contributed by atoms with Crippen LogP contribution in [0.2, 0.25) is 0 Å². The summed E-state index contributed by atoms with van der Waals surface area (Å²) in [6.07, 6.45) is 0. The van der Waals surface area contributed by atoms with E-state index in [2.05, 4.69) is 5.32 Å². The smallest absolute Gasteiger partial charge is 0.244 e. The number of likely N-dealkylation sites (N-methyl/N-ethyl adjacent to an activating group) is 1. The first-order valence-electron chi connectivity index (χ1n) is 7.37. The average Bonchev–Trinajstić information content (AvgIpc) is 2.54. The highest BCUT2D eigenvalue weighted by Gasteiger charge is 2.20. The molecule has 124 valence electrons. The SMILES string of the molecule is CCN(CC)C(=O)[C@@H](C)Nc1cc(OC)c(OC)c(OC)c1. The van der Waals surface area contributed by atoms with Crippen LogP contribution in [-0.2, 0) is 4.79 Å². The van der Waals surface area contributed by atoms with Crippen LogP contribution < -0.4 is 19.5 Å². The van der Waals surface area contributed by atoms with E-state index in [0.717, 1.165) is 5.69 Å². The van der Waals surface area contributed by atoms with Crippen molar-refractivity contribution in [2.45, 2.75) is 26.8 Å². The Kier molecular flexibility index (Phi) is 6.82. The number of anilines is 1. The molecule has 1 N–H and O–H groups in total. The molecule has 6 nitrogen and oxygen atoms in total. The number of hydrogen-bond donors (Lipinski definition) is 1. The van der Waals surface area contributed by atoms with E-state index in [1.54, 1.807) is 38.4 Å². The number of nitrogens with one attached hydrogen (secondary N) is 1. The lowest BCUT2D eigenvalue weighted by atomic mass is 10.2. The third kappa shape index (κ3) is 3.96. The van der Waals surface area contributed by atoms with Crippen LogP contribution in [-0.4, -0.2) is 51.3 Å². The Balaban J connectivity index is 3.00. The second-order valence-electron chi connectivity index (χ2n) is 4.79. The Labute approximate surface area is 132 Å². The van der Waals surface area contributed by atoms with Crippen molar-refractivity contribution in [1.29, 1.82) is 0 Å². The second kappa shape index (κ2) is 8.36. The van der Waals surface area contributed by atoms with Crippen molar-refractivity contribution < 1.29 is 19.0 Å². The van der Waals surface area contributed by atoms with Gasteiger partial charge in [-0.15, -0.1) is 0 Å².